The van der Waals surface area contributed by atoms with Crippen molar-refractivity contribution in [2.75, 3.05) is 14.2 Å². The highest BCUT2D eigenvalue weighted by Gasteiger charge is 2.38. The molecule has 2 rings (SSSR count). The maximum absolute atomic E-state index is 6.86. The first-order valence-electron chi connectivity index (χ1n) is 7.77. The molecule has 0 aliphatic heterocycles. The Labute approximate surface area is 138 Å². The maximum Gasteiger partial charge on any atom is 0.118 e. The van der Waals surface area contributed by atoms with Crippen LogP contribution in [-0.4, -0.2) is 20.3 Å². The summed E-state index contributed by atoms with van der Waals surface area (Å²) in [6, 6.07) is 15.3. The van der Waals surface area contributed by atoms with Crippen molar-refractivity contribution < 1.29 is 9.47 Å². The third-order valence-electron chi connectivity index (χ3n) is 4.38. The van der Waals surface area contributed by atoms with Crippen LogP contribution < -0.4 is 20.9 Å². The number of benzene rings is 2. The minimum Gasteiger partial charge on any atom is -0.497 e. The van der Waals surface area contributed by atoms with Gasteiger partial charge in [-0.05, 0) is 41.3 Å². The van der Waals surface area contributed by atoms with Crippen LogP contribution in [0.1, 0.15) is 25.0 Å². The summed E-state index contributed by atoms with van der Waals surface area (Å²) in [5, 5.41) is 0. The van der Waals surface area contributed by atoms with E-state index in [-0.39, 0.29) is 12.0 Å². The predicted molar refractivity (Wildman–Crippen MR) is 93.8 cm³/mol. The van der Waals surface area contributed by atoms with E-state index in [0.29, 0.717) is 0 Å². The van der Waals surface area contributed by atoms with Gasteiger partial charge >= 0.3 is 0 Å². The molecule has 0 saturated carbocycles. The molecule has 2 aromatic carbocycles. The second-order valence-electron chi connectivity index (χ2n) is 6.10. The van der Waals surface area contributed by atoms with E-state index in [2.05, 4.69) is 13.8 Å². The van der Waals surface area contributed by atoms with Crippen molar-refractivity contribution >= 4 is 0 Å². The van der Waals surface area contributed by atoms with Gasteiger partial charge in [-0.1, -0.05) is 38.1 Å². The van der Waals surface area contributed by atoms with Crippen LogP contribution in [0, 0.1) is 5.92 Å². The molecule has 1 atom stereocenters. The van der Waals surface area contributed by atoms with Crippen molar-refractivity contribution in [1.29, 1.82) is 0 Å². The van der Waals surface area contributed by atoms with Gasteiger partial charge in [-0.15, -0.1) is 0 Å². The molecule has 4 N–H and O–H groups in total. The van der Waals surface area contributed by atoms with Crippen molar-refractivity contribution in [1.82, 2.24) is 0 Å². The lowest BCUT2D eigenvalue weighted by Crippen LogP contribution is -2.55. The van der Waals surface area contributed by atoms with E-state index in [4.69, 9.17) is 20.9 Å². The van der Waals surface area contributed by atoms with Gasteiger partial charge in [0.1, 0.15) is 11.5 Å². The monoisotopic (exact) mass is 314 g/mol. The van der Waals surface area contributed by atoms with Gasteiger partial charge in [-0.2, -0.15) is 0 Å². The number of nitrogens with two attached hydrogens (primary N) is 2. The Hall–Kier alpha value is -2.04. The van der Waals surface area contributed by atoms with Crippen LogP contribution in [0.4, 0.5) is 0 Å². The minimum atomic E-state index is -0.785. The largest absolute Gasteiger partial charge is 0.497 e. The quantitative estimate of drug-likeness (QED) is 0.860. The van der Waals surface area contributed by atoms with Gasteiger partial charge in [-0.25, -0.2) is 0 Å². The van der Waals surface area contributed by atoms with E-state index in [0.717, 1.165) is 22.6 Å². The molecular formula is C19H26N2O2. The van der Waals surface area contributed by atoms with E-state index in [1.807, 2.05) is 48.5 Å². The van der Waals surface area contributed by atoms with E-state index >= 15 is 0 Å². The molecule has 4 heteroatoms. The Morgan fingerprint density at radius 3 is 1.39 bits per heavy atom. The maximum atomic E-state index is 6.86. The summed E-state index contributed by atoms with van der Waals surface area (Å²) in [5.41, 5.74) is 14.5. The zero-order valence-electron chi connectivity index (χ0n) is 14.2. The molecule has 124 valence electrons. The highest BCUT2D eigenvalue weighted by molar-refractivity contribution is 5.44. The molecule has 1 unspecified atom stereocenters. The molecule has 0 fully saturated rings. The summed E-state index contributed by atoms with van der Waals surface area (Å²) in [4.78, 5) is 0. The average Bonchev–Trinajstić information content (AvgIpc) is 2.60. The average molecular weight is 314 g/mol. The first-order chi connectivity index (χ1) is 10.9. The van der Waals surface area contributed by atoms with E-state index in [1.165, 1.54) is 0 Å². The lowest BCUT2D eigenvalue weighted by molar-refractivity contribution is 0.336. The minimum absolute atomic E-state index is 0.226. The van der Waals surface area contributed by atoms with Crippen molar-refractivity contribution in [3.63, 3.8) is 0 Å². The van der Waals surface area contributed by atoms with Crippen molar-refractivity contribution in [3.05, 3.63) is 59.7 Å². The van der Waals surface area contributed by atoms with Crippen LogP contribution in [0.25, 0.3) is 0 Å². The fourth-order valence-corrected chi connectivity index (χ4v) is 2.81. The molecule has 0 bridgehead atoms. The Balaban J connectivity index is 2.53. The molecule has 0 spiro atoms. The SMILES string of the molecule is COc1ccc(C(N)(c2ccc(OC)cc2)C(N)C(C)C)cc1. The van der Waals surface area contributed by atoms with Crippen LogP contribution in [-0.2, 0) is 5.54 Å². The topological polar surface area (TPSA) is 70.5 Å². The van der Waals surface area contributed by atoms with Crippen LogP contribution in [0.2, 0.25) is 0 Å². The van der Waals surface area contributed by atoms with Crippen molar-refractivity contribution in [3.8, 4) is 11.5 Å². The second kappa shape index (κ2) is 7.02. The smallest absolute Gasteiger partial charge is 0.118 e. The summed E-state index contributed by atoms with van der Waals surface area (Å²) >= 11 is 0. The third-order valence-corrected chi connectivity index (χ3v) is 4.38. The van der Waals surface area contributed by atoms with Gasteiger partial charge in [0.15, 0.2) is 0 Å². The van der Waals surface area contributed by atoms with Crippen LogP contribution in [0.15, 0.2) is 48.5 Å². The Morgan fingerprint density at radius 1 is 0.783 bits per heavy atom. The lowest BCUT2D eigenvalue weighted by Gasteiger charge is -2.38. The molecule has 0 aromatic heterocycles. The fraction of sp³-hybridized carbons (Fsp3) is 0.368. The third kappa shape index (κ3) is 3.33. The van der Waals surface area contributed by atoms with Gasteiger partial charge in [0.25, 0.3) is 0 Å². The van der Waals surface area contributed by atoms with Gasteiger partial charge in [0, 0.05) is 6.04 Å². The van der Waals surface area contributed by atoms with Gasteiger partial charge in [0.2, 0.25) is 0 Å². The number of hydrogen-bond acceptors (Lipinski definition) is 4. The fourth-order valence-electron chi connectivity index (χ4n) is 2.81. The molecular weight excluding hydrogens is 288 g/mol. The molecule has 23 heavy (non-hydrogen) atoms. The Bertz CT molecular complexity index is 573. The predicted octanol–water partition coefficient (Wildman–Crippen LogP) is 2.89. The van der Waals surface area contributed by atoms with Gasteiger partial charge < -0.3 is 20.9 Å². The number of methoxy groups -OCH3 is 2. The van der Waals surface area contributed by atoms with Crippen LogP contribution in [0.5, 0.6) is 11.5 Å². The summed E-state index contributed by atoms with van der Waals surface area (Å²) in [7, 11) is 3.29. The number of hydrogen-bond donors (Lipinski definition) is 2. The molecule has 0 heterocycles. The zero-order chi connectivity index (χ0) is 17.0. The normalized spacial score (nSPS) is 13.0. The standard InChI is InChI=1S/C19H26N2O2/c1-13(2)18(20)19(21,14-5-9-16(22-3)10-6-14)15-7-11-17(23-4)12-8-15/h5-13,18H,20-21H2,1-4H3. The van der Waals surface area contributed by atoms with E-state index in [9.17, 15) is 0 Å². The molecule has 0 aliphatic carbocycles. The molecule has 2 aromatic rings. The highest BCUT2D eigenvalue weighted by atomic mass is 16.5. The Kier molecular flexibility index (Phi) is 5.29. The molecule has 0 amide bonds. The van der Waals surface area contributed by atoms with E-state index in [1.54, 1.807) is 14.2 Å². The first-order valence-corrected chi connectivity index (χ1v) is 7.77. The number of ether oxygens (including phenoxy) is 2. The zero-order valence-corrected chi connectivity index (χ0v) is 14.2. The van der Waals surface area contributed by atoms with Crippen LogP contribution >= 0.6 is 0 Å². The molecule has 0 saturated heterocycles. The summed E-state index contributed by atoms with van der Waals surface area (Å²) in [5.74, 6) is 1.82. The van der Waals surface area contributed by atoms with Gasteiger partial charge in [0.05, 0.1) is 19.8 Å². The first kappa shape index (κ1) is 17.3. The van der Waals surface area contributed by atoms with Gasteiger partial charge in [-0.3, -0.25) is 0 Å². The van der Waals surface area contributed by atoms with Crippen molar-refractivity contribution in [2.24, 2.45) is 17.4 Å². The molecule has 4 nitrogen and oxygen atoms in total. The molecule has 0 radical (unpaired) electrons. The second-order valence-corrected chi connectivity index (χ2v) is 6.10. The highest BCUT2D eigenvalue weighted by Crippen LogP contribution is 2.34. The summed E-state index contributed by atoms with van der Waals surface area (Å²) in [6.07, 6.45) is 0. The summed E-state index contributed by atoms with van der Waals surface area (Å²) < 4.78 is 10.5. The Morgan fingerprint density at radius 2 is 1.13 bits per heavy atom. The lowest BCUT2D eigenvalue weighted by atomic mass is 9.74. The summed E-state index contributed by atoms with van der Waals surface area (Å²) in [6.45, 7) is 4.17. The van der Waals surface area contributed by atoms with Crippen molar-refractivity contribution in [2.45, 2.75) is 25.4 Å². The van der Waals surface area contributed by atoms with E-state index < -0.39 is 5.54 Å². The van der Waals surface area contributed by atoms with Crippen LogP contribution in [0.3, 0.4) is 0 Å². The molecule has 0 aliphatic rings. The number of rotatable bonds is 6.